The van der Waals surface area contributed by atoms with E-state index < -0.39 is 16.7 Å². The SMILES string of the molecule is NC(=O)C(=O)N/N=C\c1cc([N+](=O)[O-])ccc1O. The zero-order chi connectivity index (χ0) is 13.7. The Hall–Kier alpha value is -2.97. The van der Waals surface area contributed by atoms with Crippen LogP contribution >= 0.6 is 0 Å². The van der Waals surface area contributed by atoms with Gasteiger partial charge < -0.3 is 10.8 Å². The number of non-ortho nitro benzene ring substituents is 1. The maximum Gasteiger partial charge on any atom is 0.329 e. The number of nitrogens with zero attached hydrogens (tertiary/aromatic N) is 2. The lowest BCUT2D eigenvalue weighted by molar-refractivity contribution is -0.384. The van der Waals surface area contributed by atoms with Crippen LogP contribution < -0.4 is 11.2 Å². The van der Waals surface area contributed by atoms with Gasteiger partial charge in [-0.15, -0.1) is 0 Å². The lowest BCUT2D eigenvalue weighted by atomic mass is 10.2. The molecule has 0 aliphatic rings. The Bertz CT molecular complexity index is 540. The molecule has 0 unspecified atom stereocenters. The Balaban J connectivity index is 2.87. The molecule has 94 valence electrons. The highest BCUT2D eigenvalue weighted by Crippen LogP contribution is 2.20. The first-order chi connectivity index (χ1) is 8.41. The maximum absolute atomic E-state index is 10.7. The third-order valence-corrected chi connectivity index (χ3v) is 1.82. The summed E-state index contributed by atoms with van der Waals surface area (Å²) in [5.74, 6) is -2.63. The molecule has 0 aliphatic carbocycles. The number of rotatable bonds is 3. The summed E-state index contributed by atoms with van der Waals surface area (Å²) >= 11 is 0. The van der Waals surface area contributed by atoms with E-state index in [1.165, 1.54) is 0 Å². The summed E-state index contributed by atoms with van der Waals surface area (Å²) in [6, 6.07) is 3.26. The second kappa shape index (κ2) is 5.39. The predicted molar refractivity (Wildman–Crippen MR) is 59.7 cm³/mol. The van der Waals surface area contributed by atoms with Crippen molar-refractivity contribution in [1.29, 1.82) is 0 Å². The standard InChI is InChI=1S/C9H8N4O5/c10-8(15)9(16)12-11-4-5-3-6(13(17)18)1-2-7(5)14/h1-4,14H,(H2,10,15)(H,12,16)/b11-4-. The molecule has 0 aliphatic heterocycles. The van der Waals surface area contributed by atoms with Crippen molar-refractivity contribution in [3.63, 3.8) is 0 Å². The number of benzene rings is 1. The van der Waals surface area contributed by atoms with Crippen molar-refractivity contribution in [1.82, 2.24) is 5.43 Å². The molecule has 18 heavy (non-hydrogen) atoms. The van der Waals surface area contributed by atoms with E-state index in [-0.39, 0.29) is 17.0 Å². The number of carbonyl (C=O) groups excluding carboxylic acids is 2. The average molecular weight is 252 g/mol. The van der Waals surface area contributed by atoms with Crippen molar-refractivity contribution < 1.29 is 19.6 Å². The van der Waals surface area contributed by atoms with Crippen LogP contribution in [0.3, 0.4) is 0 Å². The van der Waals surface area contributed by atoms with Crippen LogP contribution in [0.15, 0.2) is 23.3 Å². The molecule has 0 saturated heterocycles. The molecule has 1 aromatic rings. The van der Waals surface area contributed by atoms with Gasteiger partial charge in [0, 0.05) is 17.7 Å². The molecule has 1 aromatic carbocycles. The quantitative estimate of drug-likeness (QED) is 0.279. The smallest absolute Gasteiger partial charge is 0.329 e. The molecular formula is C9H8N4O5. The summed E-state index contributed by atoms with van der Waals surface area (Å²) < 4.78 is 0. The van der Waals surface area contributed by atoms with Crippen LogP contribution in [0.1, 0.15) is 5.56 Å². The molecule has 0 atom stereocenters. The third-order valence-electron chi connectivity index (χ3n) is 1.82. The van der Waals surface area contributed by atoms with E-state index >= 15 is 0 Å². The molecule has 0 bridgehead atoms. The fourth-order valence-corrected chi connectivity index (χ4v) is 0.974. The van der Waals surface area contributed by atoms with Gasteiger partial charge in [0.1, 0.15) is 5.75 Å². The number of hydrazone groups is 1. The molecule has 0 spiro atoms. The van der Waals surface area contributed by atoms with Crippen LogP contribution in [-0.2, 0) is 9.59 Å². The van der Waals surface area contributed by atoms with Gasteiger partial charge in [0.15, 0.2) is 0 Å². The van der Waals surface area contributed by atoms with Crippen LogP contribution in [0.25, 0.3) is 0 Å². The number of nitro groups is 1. The lowest BCUT2D eigenvalue weighted by Gasteiger charge is -1.98. The fourth-order valence-electron chi connectivity index (χ4n) is 0.974. The number of primary amides is 1. The molecule has 4 N–H and O–H groups in total. The van der Waals surface area contributed by atoms with Crippen molar-refractivity contribution in [2.45, 2.75) is 0 Å². The summed E-state index contributed by atoms with van der Waals surface area (Å²) in [5.41, 5.74) is 6.18. The summed E-state index contributed by atoms with van der Waals surface area (Å²) in [4.78, 5) is 30.9. The van der Waals surface area contributed by atoms with Gasteiger partial charge in [0.2, 0.25) is 0 Å². The predicted octanol–water partition coefficient (Wildman–Crippen LogP) is -0.764. The van der Waals surface area contributed by atoms with E-state index in [2.05, 4.69) is 10.8 Å². The van der Waals surface area contributed by atoms with Crippen molar-refractivity contribution in [3.8, 4) is 5.75 Å². The van der Waals surface area contributed by atoms with Gasteiger partial charge in [-0.1, -0.05) is 0 Å². The second-order valence-electron chi connectivity index (χ2n) is 3.06. The number of aromatic hydroxyl groups is 1. The van der Waals surface area contributed by atoms with E-state index in [4.69, 9.17) is 0 Å². The van der Waals surface area contributed by atoms with Gasteiger partial charge in [-0.05, 0) is 6.07 Å². The number of carbonyl (C=O) groups is 2. The number of nitrogens with one attached hydrogen (secondary N) is 1. The van der Waals surface area contributed by atoms with Crippen LogP contribution in [0.5, 0.6) is 5.75 Å². The van der Waals surface area contributed by atoms with Gasteiger partial charge in [-0.3, -0.25) is 19.7 Å². The first-order valence-electron chi connectivity index (χ1n) is 4.52. The first-order valence-corrected chi connectivity index (χ1v) is 4.52. The molecule has 0 heterocycles. The molecule has 9 nitrogen and oxygen atoms in total. The van der Waals surface area contributed by atoms with Gasteiger partial charge in [-0.25, -0.2) is 5.43 Å². The van der Waals surface area contributed by atoms with E-state index in [9.17, 15) is 24.8 Å². The fraction of sp³-hybridized carbons (Fsp3) is 0. The summed E-state index contributed by atoms with van der Waals surface area (Å²) in [6.07, 6.45) is 0.948. The number of phenolic OH excluding ortho intramolecular Hbond substituents is 1. The molecule has 0 radical (unpaired) electrons. The minimum atomic E-state index is -1.23. The molecule has 0 fully saturated rings. The molecular weight excluding hydrogens is 244 g/mol. The van der Waals surface area contributed by atoms with Gasteiger partial charge in [0.25, 0.3) is 5.69 Å². The number of phenols is 1. The van der Waals surface area contributed by atoms with Gasteiger partial charge in [-0.2, -0.15) is 5.10 Å². The Morgan fingerprint density at radius 1 is 1.50 bits per heavy atom. The van der Waals surface area contributed by atoms with E-state index in [0.717, 1.165) is 24.4 Å². The zero-order valence-corrected chi connectivity index (χ0v) is 8.86. The van der Waals surface area contributed by atoms with Gasteiger partial charge in [0.05, 0.1) is 11.1 Å². The van der Waals surface area contributed by atoms with Crippen molar-refractivity contribution >= 4 is 23.7 Å². The highest BCUT2D eigenvalue weighted by molar-refractivity contribution is 6.34. The largest absolute Gasteiger partial charge is 0.507 e. The van der Waals surface area contributed by atoms with Crippen LogP contribution in [0.4, 0.5) is 5.69 Å². The second-order valence-corrected chi connectivity index (χ2v) is 3.06. The number of amides is 2. The molecule has 0 aromatic heterocycles. The van der Waals surface area contributed by atoms with E-state index in [1.807, 2.05) is 0 Å². The summed E-state index contributed by atoms with van der Waals surface area (Å²) in [6.45, 7) is 0. The number of hydrogen-bond donors (Lipinski definition) is 3. The normalized spacial score (nSPS) is 10.2. The van der Waals surface area contributed by atoms with Crippen LogP contribution in [0.2, 0.25) is 0 Å². The maximum atomic E-state index is 10.7. The summed E-state index contributed by atoms with van der Waals surface area (Å²) in [5, 5.41) is 23.2. The topological polar surface area (TPSA) is 148 Å². The number of nitrogens with two attached hydrogens (primary N) is 1. The third kappa shape index (κ3) is 3.27. The monoisotopic (exact) mass is 252 g/mol. The van der Waals surface area contributed by atoms with Gasteiger partial charge >= 0.3 is 11.8 Å². The minimum absolute atomic E-state index is 0.00831. The van der Waals surface area contributed by atoms with Crippen LogP contribution in [0, 0.1) is 10.1 Å². The molecule has 1 rings (SSSR count). The Morgan fingerprint density at radius 3 is 2.72 bits per heavy atom. The molecule has 0 saturated carbocycles. The highest BCUT2D eigenvalue weighted by Gasteiger charge is 2.09. The van der Waals surface area contributed by atoms with E-state index in [0.29, 0.717) is 0 Å². The first kappa shape index (κ1) is 13.1. The number of nitro benzene ring substituents is 1. The zero-order valence-electron chi connectivity index (χ0n) is 8.86. The van der Waals surface area contributed by atoms with E-state index in [1.54, 1.807) is 5.43 Å². The lowest BCUT2D eigenvalue weighted by Crippen LogP contribution is -2.32. The number of hydrogen-bond acceptors (Lipinski definition) is 6. The Kier molecular flexibility index (Phi) is 3.92. The highest BCUT2D eigenvalue weighted by atomic mass is 16.6. The van der Waals surface area contributed by atoms with Crippen molar-refractivity contribution in [3.05, 3.63) is 33.9 Å². The molecule has 2 amide bonds. The average Bonchev–Trinajstić information content (AvgIpc) is 2.30. The van der Waals surface area contributed by atoms with Crippen molar-refractivity contribution in [2.24, 2.45) is 10.8 Å². The Labute approximate surface area is 100 Å². The van der Waals surface area contributed by atoms with Crippen molar-refractivity contribution in [2.75, 3.05) is 0 Å². The summed E-state index contributed by atoms with van der Waals surface area (Å²) in [7, 11) is 0. The minimum Gasteiger partial charge on any atom is -0.507 e. The van der Waals surface area contributed by atoms with Crippen LogP contribution in [-0.4, -0.2) is 28.1 Å². The molecule has 9 heteroatoms. The Morgan fingerprint density at radius 2 is 2.17 bits per heavy atom.